The fourth-order valence-electron chi connectivity index (χ4n) is 4.00. The van der Waals surface area contributed by atoms with Crippen LogP contribution in [-0.4, -0.2) is 39.5 Å². The second-order valence-corrected chi connectivity index (χ2v) is 7.22. The third-order valence-corrected chi connectivity index (χ3v) is 5.52. The molecular weight excluding hydrogens is 394 g/mol. The quantitative estimate of drug-likeness (QED) is 0.373. The first-order valence-electron chi connectivity index (χ1n) is 9.87. The Morgan fingerprint density at radius 2 is 1.94 bits per heavy atom. The number of fused-ring (bicyclic) bond motifs is 2. The number of methoxy groups -OCH3 is 2. The maximum atomic E-state index is 9.19. The minimum atomic E-state index is 0.663. The van der Waals surface area contributed by atoms with Crippen molar-refractivity contribution in [3.8, 4) is 22.8 Å². The number of aryl methyl sites for hydroxylation is 1. The standard InChI is InChI=1S/C23H21N5O3/c1-30-16-5-7-18(20(12-16)31-2)22-23(28-10-9-24-13-21(28)26-22)25-15-4-6-17-14(11-15)3-8-19(17)27-29/h4-7,9-13,25,29H,3,8H2,1-2H3/b27-19+. The molecular formula is C23H21N5O3. The van der Waals surface area contributed by atoms with Crippen LogP contribution in [-0.2, 0) is 6.42 Å². The van der Waals surface area contributed by atoms with Crippen LogP contribution in [0, 0.1) is 0 Å². The average molecular weight is 415 g/mol. The first-order chi connectivity index (χ1) is 15.2. The van der Waals surface area contributed by atoms with Gasteiger partial charge in [0.05, 0.1) is 26.1 Å². The maximum Gasteiger partial charge on any atom is 0.157 e. The number of imidazole rings is 1. The van der Waals surface area contributed by atoms with Crippen LogP contribution in [0.3, 0.4) is 0 Å². The van der Waals surface area contributed by atoms with Gasteiger partial charge in [-0.25, -0.2) is 4.98 Å². The van der Waals surface area contributed by atoms with E-state index in [2.05, 4.69) is 21.5 Å². The van der Waals surface area contributed by atoms with Gasteiger partial charge in [-0.2, -0.15) is 0 Å². The summed E-state index contributed by atoms with van der Waals surface area (Å²) in [5.41, 5.74) is 6.09. The molecule has 8 nitrogen and oxygen atoms in total. The number of rotatable bonds is 5. The first kappa shape index (κ1) is 18.9. The number of benzene rings is 2. The predicted octanol–water partition coefficient (Wildman–Crippen LogP) is 4.28. The van der Waals surface area contributed by atoms with E-state index in [1.807, 2.05) is 40.9 Å². The summed E-state index contributed by atoms with van der Waals surface area (Å²) in [4.78, 5) is 9.01. The molecule has 0 fully saturated rings. The molecule has 2 heterocycles. The van der Waals surface area contributed by atoms with Crippen LogP contribution in [0.1, 0.15) is 17.5 Å². The van der Waals surface area contributed by atoms with Gasteiger partial charge < -0.3 is 20.0 Å². The van der Waals surface area contributed by atoms with Gasteiger partial charge in [0.2, 0.25) is 0 Å². The summed E-state index contributed by atoms with van der Waals surface area (Å²) < 4.78 is 12.9. The van der Waals surface area contributed by atoms with Crippen LogP contribution >= 0.6 is 0 Å². The zero-order valence-electron chi connectivity index (χ0n) is 17.2. The Balaban J connectivity index is 1.63. The molecule has 1 aliphatic rings. The molecule has 156 valence electrons. The van der Waals surface area contributed by atoms with Crippen molar-refractivity contribution >= 4 is 22.9 Å². The lowest BCUT2D eigenvalue weighted by molar-refractivity contribution is 0.318. The van der Waals surface area contributed by atoms with Gasteiger partial charge >= 0.3 is 0 Å². The Labute approximate surface area is 178 Å². The number of nitrogens with one attached hydrogen (secondary N) is 1. The van der Waals surface area contributed by atoms with Crippen molar-refractivity contribution < 1.29 is 14.7 Å². The molecule has 2 aromatic heterocycles. The van der Waals surface area contributed by atoms with E-state index in [-0.39, 0.29) is 0 Å². The highest BCUT2D eigenvalue weighted by atomic mass is 16.5. The van der Waals surface area contributed by atoms with E-state index in [0.717, 1.165) is 52.4 Å². The Morgan fingerprint density at radius 3 is 2.74 bits per heavy atom. The van der Waals surface area contributed by atoms with Crippen LogP contribution in [0.2, 0.25) is 0 Å². The molecule has 31 heavy (non-hydrogen) atoms. The van der Waals surface area contributed by atoms with Crippen LogP contribution in [0.5, 0.6) is 11.5 Å². The molecule has 0 amide bonds. The van der Waals surface area contributed by atoms with E-state index < -0.39 is 0 Å². The van der Waals surface area contributed by atoms with E-state index in [9.17, 15) is 5.21 Å². The van der Waals surface area contributed by atoms with Crippen LogP contribution in [0.4, 0.5) is 11.5 Å². The maximum absolute atomic E-state index is 9.19. The molecule has 1 aliphatic carbocycles. The minimum absolute atomic E-state index is 0.663. The summed E-state index contributed by atoms with van der Waals surface area (Å²) in [5.74, 6) is 2.17. The fraction of sp³-hybridized carbons (Fsp3) is 0.174. The second-order valence-electron chi connectivity index (χ2n) is 7.22. The summed E-state index contributed by atoms with van der Waals surface area (Å²) >= 11 is 0. The highest BCUT2D eigenvalue weighted by molar-refractivity contribution is 6.04. The van der Waals surface area contributed by atoms with Crippen LogP contribution in [0.25, 0.3) is 16.9 Å². The second kappa shape index (κ2) is 7.64. The topological polar surface area (TPSA) is 93.3 Å². The molecule has 0 spiro atoms. The van der Waals surface area contributed by atoms with Gasteiger partial charge in [-0.05, 0) is 42.7 Å². The first-order valence-corrected chi connectivity index (χ1v) is 9.87. The highest BCUT2D eigenvalue weighted by Gasteiger charge is 2.21. The molecule has 0 saturated heterocycles. The monoisotopic (exact) mass is 415 g/mol. The van der Waals surface area contributed by atoms with E-state index in [1.165, 1.54) is 0 Å². The SMILES string of the molecule is COc1ccc(-c2nc3cnccn3c2Nc2ccc3c(c2)CC/C3=N\O)c(OC)c1. The summed E-state index contributed by atoms with van der Waals surface area (Å²) in [6.07, 6.45) is 6.90. The van der Waals surface area contributed by atoms with Gasteiger partial charge in [0.1, 0.15) is 23.0 Å². The Morgan fingerprint density at radius 1 is 1.06 bits per heavy atom. The van der Waals surface area contributed by atoms with Gasteiger partial charge in [-0.3, -0.25) is 9.38 Å². The van der Waals surface area contributed by atoms with Crippen LogP contribution < -0.4 is 14.8 Å². The lowest BCUT2D eigenvalue weighted by atomic mass is 10.1. The number of aromatic nitrogens is 3. The molecule has 5 rings (SSSR count). The van der Waals surface area contributed by atoms with Gasteiger partial charge in [-0.15, -0.1) is 0 Å². The van der Waals surface area contributed by atoms with Gasteiger partial charge in [0, 0.05) is 35.3 Å². The Hall–Kier alpha value is -4.07. The zero-order chi connectivity index (χ0) is 21.4. The normalized spacial score (nSPS) is 14.1. The van der Waals surface area contributed by atoms with Crippen molar-refractivity contribution in [3.63, 3.8) is 0 Å². The lowest BCUT2D eigenvalue weighted by Crippen LogP contribution is -2.00. The largest absolute Gasteiger partial charge is 0.497 e. The predicted molar refractivity (Wildman–Crippen MR) is 118 cm³/mol. The Kier molecular flexibility index (Phi) is 4.66. The number of anilines is 2. The van der Waals surface area contributed by atoms with Crippen molar-refractivity contribution in [2.24, 2.45) is 5.16 Å². The third kappa shape index (κ3) is 3.22. The summed E-state index contributed by atoms with van der Waals surface area (Å²) in [6.45, 7) is 0. The van der Waals surface area contributed by atoms with E-state index in [0.29, 0.717) is 17.1 Å². The van der Waals surface area contributed by atoms with Gasteiger partial charge in [0.15, 0.2) is 5.65 Å². The van der Waals surface area contributed by atoms with Crippen molar-refractivity contribution in [1.29, 1.82) is 0 Å². The number of hydrogen-bond donors (Lipinski definition) is 2. The molecule has 4 aromatic rings. The third-order valence-electron chi connectivity index (χ3n) is 5.52. The van der Waals surface area contributed by atoms with E-state index in [1.54, 1.807) is 26.6 Å². The number of ether oxygens (including phenoxy) is 2. The van der Waals surface area contributed by atoms with E-state index in [4.69, 9.17) is 14.5 Å². The molecule has 0 saturated carbocycles. The zero-order valence-corrected chi connectivity index (χ0v) is 17.2. The molecule has 2 N–H and O–H groups in total. The Bertz CT molecular complexity index is 1310. The molecule has 0 atom stereocenters. The molecule has 0 radical (unpaired) electrons. The molecule has 0 aliphatic heterocycles. The molecule has 8 heteroatoms. The van der Waals surface area contributed by atoms with Crippen LogP contribution in [0.15, 0.2) is 60.1 Å². The van der Waals surface area contributed by atoms with Gasteiger partial charge in [-0.1, -0.05) is 11.2 Å². The van der Waals surface area contributed by atoms with Crippen molar-refractivity contribution in [2.75, 3.05) is 19.5 Å². The molecule has 2 aromatic carbocycles. The van der Waals surface area contributed by atoms with E-state index >= 15 is 0 Å². The fourth-order valence-corrected chi connectivity index (χ4v) is 4.00. The summed E-state index contributed by atoms with van der Waals surface area (Å²) in [6, 6.07) is 11.7. The minimum Gasteiger partial charge on any atom is -0.497 e. The smallest absolute Gasteiger partial charge is 0.157 e. The van der Waals surface area contributed by atoms with Crippen molar-refractivity contribution in [1.82, 2.24) is 14.4 Å². The number of nitrogens with zero attached hydrogens (tertiary/aromatic N) is 4. The van der Waals surface area contributed by atoms with Gasteiger partial charge in [0.25, 0.3) is 0 Å². The summed E-state index contributed by atoms with van der Waals surface area (Å²) in [5, 5.41) is 16.1. The summed E-state index contributed by atoms with van der Waals surface area (Å²) in [7, 11) is 3.25. The van der Waals surface area contributed by atoms with Crippen molar-refractivity contribution in [3.05, 3.63) is 66.1 Å². The molecule has 0 bridgehead atoms. The number of hydrogen-bond acceptors (Lipinski definition) is 7. The molecule has 0 unspecified atom stereocenters. The average Bonchev–Trinajstić information content (AvgIpc) is 3.39. The number of oxime groups is 1. The highest BCUT2D eigenvalue weighted by Crippen LogP contribution is 2.38. The lowest BCUT2D eigenvalue weighted by Gasteiger charge is -2.13. The van der Waals surface area contributed by atoms with Crippen molar-refractivity contribution in [2.45, 2.75) is 12.8 Å².